The summed E-state index contributed by atoms with van der Waals surface area (Å²) >= 11 is 0. The summed E-state index contributed by atoms with van der Waals surface area (Å²) < 4.78 is 6.33. The van der Waals surface area contributed by atoms with E-state index in [1.807, 2.05) is 31.2 Å². The van der Waals surface area contributed by atoms with Crippen molar-refractivity contribution in [2.24, 2.45) is 0 Å². The highest BCUT2D eigenvalue weighted by molar-refractivity contribution is 5.92. The lowest BCUT2D eigenvalue weighted by atomic mass is 10.1. The van der Waals surface area contributed by atoms with Gasteiger partial charge in [-0.05, 0) is 48.4 Å². The number of rotatable bonds is 6. The van der Waals surface area contributed by atoms with Crippen LogP contribution in [0.5, 0.6) is 0 Å². The molecule has 1 aromatic heterocycles. The number of nitrogens with zero attached hydrogens (tertiary/aromatic N) is 3. The summed E-state index contributed by atoms with van der Waals surface area (Å²) in [6.07, 6.45) is 6.26. The van der Waals surface area contributed by atoms with Crippen LogP contribution in [0.25, 0.3) is 11.8 Å². The van der Waals surface area contributed by atoms with Crippen LogP contribution in [0.2, 0.25) is 0 Å². The third-order valence-electron chi connectivity index (χ3n) is 4.19. The normalized spacial score (nSPS) is 11.9. The Bertz CT molecular complexity index is 962. The molecule has 1 atom stereocenters. The third-order valence-corrected chi connectivity index (χ3v) is 4.19. The molecule has 1 heterocycles. The van der Waals surface area contributed by atoms with Crippen molar-refractivity contribution in [1.82, 2.24) is 20.1 Å². The average molecular weight is 376 g/mol. The van der Waals surface area contributed by atoms with Crippen LogP contribution in [-0.2, 0) is 9.53 Å². The maximum atomic E-state index is 12.2. The molecule has 142 valence electrons. The Labute approximate surface area is 162 Å². The smallest absolute Gasteiger partial charge is 0.337 e. The fraction of sp³-hybridized carbons (Fsp3) is 0.143. The number of benzene rings is 2. The molecule has 1 amide bonds. The van der Waals surface area contributed by atoms with E-state index in [0.29, 0.717) is 5.56 Å². The molecule has 3 aromatic rings. The van der Waals surface area contributed by atoms with Gasteiger partial charge in [-0.25, -0.2) is 14.5 Å². The summed E-state index contributed by atoms with van der Waals surface area (Å²) in [4.78, 5) is 27.5. The van der Waals surface area contributed by atoms with Crippen LogP contribution in [0, 0.1) is 0 Å². The second kappa shape index (κ2) is 8.77. The maximum absolute atomic E-state index is 12.2. The summed E-state index contributed by atoms with van der Waals surface area (Å²) in [6, 6.07) is 14.4. The maximum Gasteiger partial charge on any atom is 0.337 e. The number of ether oxygens (including phenoxy) is 1. The van der Waals surface area contributed by atoms with E-state index in [0.717, 1.165) is 16.8 Å². The number of hydrogen-bond acceptors (Lipinski definition) is 5. The molecule has 28 heavy (non-hydrogen) atoms. The van der Waals surface area contributed by atoms with Crippen molar-refractivity contribution < 1.29 is 14.3 Å². The fourth-order valence-electron chi connectivity index (χ4n) is 2.62. The fourth-order valence-corrected chi connectivity index (χ4v) is 2.62. The molecule has 0 radical (unpaired) electrons. The van der Waals surface area contributed by atoms with Crippen LogP contribution < -0.4 is 5.32 Å². The summed E-state index contributed by atoms with van der Waals surface area (Å²) in [7, 11) is 1.34. The Morgan fingerprint density at radius 3 is 2.43 bits per heavy atom. The summed E-state index contributed by atoms with van der Waals surface area (Å²) in [5.41, 5.74) is 3.16. The van der Waals surface area contributed by atoms with Crippen molar-refractivity contribution in [3.63, 3.8) is 0 Å². The Balaban J connectivity index is 1.58. The lowest BCUT2D eigenvalue weighted by Gasteiger charge is -2.13. The molecule has 0 saturated carbocycles. The topological polar surface area (TPSA) is 86.1 Å². The van der Waals surface area contributed by atoms with Gasteiger partial charge in [-0.3, -0.25) is 4.79 Å². The number of esters is 1. The highest BCUT2D eigenvalue weighted by Gasteiger charge is 2.08. The lowest BCUT2D eigenvalue weighted by Crippen LogP contribution is -2.24. The summed E-state index contributed by atoms with van der Waals surface area (Å²) in [6.45, 7) is 1.92. The van der Waals surface area contributed by atoms with Gasteiger partial charge >= 0.3 is 5.97 Å². The molecule has 0 bridgehead atoms. The molecule has 0 spiro atoms. The second-order valence-electron chi connectivity index (χ2n) is 6.11. The molecular formula is C21H20N4O3. The van der Waals surface area contributed by atoms with Gasteiger partial charge in [0.2, 0.25) is 5.91 Å². The quantitative estimate of drug-likeness (QED) is 0.528. The van der Waals surface area contributed by atoms with Gasteiger partial charge in [0.05, 0.1) is 24.4 Å². The molecule has 0 fully saturated rings. The zero-order chi connectivity index (χ0) is 19.9. The first kappa shape index (κ1) is 19.0. The van der Waals surface area contributed by atoms with Crippen molar-refractivity contribution in [1.29, 1.82) is 0 Å². The van der Waals surface area contributed by atoms with Crippen molar-refractivity contribution in [2.75, 3.05) is 7.11 Å². The number of carbonyl (C=O) groups is 2. The van der Waals surface area contributed by atoms with E-state index in [2.05, 4.69) is 20.1 Å². The van der Waals surface area contributed by atoms with Gasteiger partial charge in [-0.15, -0.1) is 0 Å². The molecule has 0 saturated heterocycles. The lowest BCUT2D eigenvalue weighted by molar-refractivity contribution is -0.117. The first-order chi connectivity index (χ1) is 13.6. The van der Waals surface area contributed by atoms with Crippen molar-refractivity contribution in [2.45, 2.75) is 13.0 Å². The predicted molar refractivity (Wildman–Crippen MR) is 105 cm³/mol. The predicted octanol–water partition coefficient (Wildman–Crippen LogP) is 2.94. The molecule has 0 aliphatic heterocycles. The van der Waals surface area contributed by atoms with E-state index in [1.165, 1.54) is 19.5 Å². The largest absolute Gasteiger partial charge is 0.465 e. The van der Waals surface area contributed by atoms with E-state index in [4.69, 9.17) is 0 Å². The van der Waals surface area contributed by atoms with Crippen LogP contribution in [0.15, 0.2) is 67.3 Å². The highest BCUT2D eigenvalue weighted by Crippen LogP contribution is 2.15. The van der Waals surface area contributed by atoms with E-state index in [-0.39, 0.29) is 11.9 Å². The highest BCUT2D eigenvalue weighted by atomic mass is 16.5. The molecule has 7 nitrogen and oxygen atoms in total. The van der Waals surface area contributed by atoms with Crippen LogP contribution >= 0.6 is 0 Å². The van der Waals surface area contributed by atoms with E-state index >= 15 is 0 Å². The van der Waals surface area contributed by atoms with Crippen LogP contribution in [0.1, 0.15) is 34.5 Å². The van der Waals surface area contributed by atoms with E-state index in [1.54, 1.807) is 41.4 Å². The standard InChI is InChI=1S/C21H20N4O3/c1-15(17-8-10-19(11-9-17)25-14-22-13-23-25)24-20(26)12-5-16-3-6-18(7-4-16)21(27)28-2/h3-15H,1-2H3,(H,24,26)/b12-5+. The molecule has 1 N–H and O–H groups in total. The average Bonchev–Trinajstić information content (AvgIpc) is 3.27. The SMILES string of the molecule is COC(=O)c1ccc(/C=C/C(=O)NC(C)c2ccc(-n3cncn3)cc2)cc1. The van der Waals surface area contributed by atoms with Gasteiger partial charge < -0.3 is 10.1 Å². The van der Waals surface area contributed by atoms with Crippen molar-refractivity contribution >= 4 is 18.0 Å². The number of nitrogens with one attached hydrogen (secondary N) is 1. The molecule has 0 aliphatic rings. The third kappa shape index (κ3) is 4.70. The number of aromatic nitrogens is 3. The van der Waals surface area contributed by atoms with Crippen LogP contribution in [0.3, 0.4) is 0 Å². The minimum atomic E-state index is -0.392. The van der Waals surface area contributed by atoms with Gasteiger partial charge in [0.25, 0.3) is 0 Å². The summed E-state index contributed by atoms with van der Waals surface area (Å²) in [5.74, 6) is -0.596. The van der Waals surface area contributed by atoms with Gasteiger partial charge in [0, 0.05) is 6.08 Å². The number of amides is 1. The zero-order valence-corrected chi connectivity index (χ0v) is 15.6. The molecular weight excluding hydrogens is 356 g/mol. The second-order valence-corrected chi connectivity index (χ2v) is 6.11. The van der Waals surface area contributed by atoms with Crippen molar-refractivity contribution in [3.8, 4) is 5.69 Å². The Kier molecular flexibility index (Phi) is 5.96. The zero-order valence-electron chi connectivity index (χ0n) is 15.6. The van der Waals surface area contributed by atoms with Gasteiger partial charge in [-0.2, -0.15) is 5.10 Å². The number of carbonyl (C=O) groups excluding carboxylic acids is 2. The van der Waals surface area contributed by atoms with Gasteiger partial charge in [0.15, 0.2) is 0 Å². The Hall–Kier alpha value is -3.74. The Morgan fingerprint density at radius 2 is 1.82 bits per heavy atom. The Morgan fingerprint density at radius 1 is 1.11 bits per heavy atom. The van der Waals surface area contributed by atoms with Gasteiger partial charge in [0.1, 0.15) is 12.7 Å². The first-order valence-corrected chi connectivity index (χ1v) is 8.69. The van der Waals surface area contributed by atoms with Crippen molar-refractivity contribution in [3.05, 3.63) is 84.0 Å². The van der Waals surface area contributed by atoms with Crippen LogP contribution in [-0.4, -0.2) is 33.8 Å². The molecule has 3 rings (SSSR count). The molecule has 0 aliphatic carbocycles. The minimum Gasteiger partial charge on any atom is -0.465 e. The van der Waals surface area contributed by atoms with E-state index < -0.39 is 5.97 Å². The van der Waals surface area contributed by atoms with Crippen LogP contribution in [0.4, 0.5) is 0 Å². The number of methoxy groups -OCH3 is 1. The summed E-state index contributed by atoms with van der Waals surface area (Å²) in [5, 5.41) is 7.01. The monoisotopic (exact) mass is 376 g/mol. The van der Waals surface area contributed by atoms with E-state index in [9.17, 15) is 9.59 Å². The van der Waals surface area contributed by atoms with Gasteiger partial charge in [-0.1, -0.05) is 24.3 Å². The minimum absolute atomic E-state index is 0.149. The molecule has 2 aromatic carbocycles. The molecule has 7 heteroatoms. The molecule has 1 unspecified atom stereocenters. The first-order valence-electron chi connectivity index (χ1n) is 8.69. The number of hydrogen-bond donors (Lipinski definition) is 1.